The van der Waals surface area contributed by atoms with E-state index in [0.29, 0.717) is 11.3 Å². The zero-order valence-corrected chi connectivity index (χ0v) is 17.5. The van der Waals surface area contributed by atoms with Crippen LogP contribution in [0.4, 0.5) is 18.9 Å². The van der Waals surface area contributed by atoms with Crippen LogP contribution in [0.15, 0.2) is 84.6 Å². The van der Waals surface area contributed by atoms with Crippen molar-refractivity contribution in [2.45, 2.75) is 12.7 Å². The summed E-state index contributed by atoms with van der Waals surface area (Å²) >= 11 is 0. The van der Waals surface area contributed by atoms with Crippen LogP contribution in [0.1, 0.15) is 16.7 Å². The maximum absolute atomic E-state index is 13.3. The highest BCUT2D eigenvalue weighted by atomic mass is 19.4. The lowest BCUT2D eigenvalue weighted by molar-refractivity contribution is -0.138. The average Bonchev–Trinajstić information content (AvgIpc) is 3.03. The minimum Gasteiger partial charge on any atom is -0.497 e. The first-order chi connectivity index (χ1) is 15.8. The molecular weight excluding hydrogens is 433 g/mol. The Labute approximate surface area is 188 Å². The van der Waals surface area contributed by atoms with Gasteiger partial charge in [0, 0.05) is 5.69 Å². The normalized spacial score (nSPS) is 14.1. The number of alkyl halides is 3. The molecule has 1 aliphatic rings. The number of hydrogen-bond donors (Lipinski definition) is 1. The second-order valence-electron chi connectivity index (χ2n) is 7.36. The van der Waals surface area contributed by atoms with Gasteiger partial charge in [0.1, 0.15) is 11.4 Å². The van der Waals surface area contributed by atoms with Gasteiger partial charge in [-0.3, -0.25) is 14.5 Å². The molecule has 1 heterocycles. The Morgan fingerprint density at radius 2 is 1.58 bits per heavy atom. The van der Waals surface area contributed by atoms with Crippen LogP contribution in [0.3, 0.4) is 0 Å². The fraction of sp³-hybridized carbons (Fsp3) is 0.120. The number of nitrogens with one attached hydrogen (secondary N) is 1. The first kappa shape index (κ1) is 22.1. The number of anilines is 1. The zero-order chi connectivity index (χ0) is 23.6. The SMILES string of the molecule is COc1ccc(C2=C(Nc3cccc(C(F)(F)F)c3)C(=O)N(Cc3ccccc3)C2=O)cc1. The Kier molecular flexibility index (Phi) is 5.91. The predicted octanol–water partition coefficient (Wildman–Crippen LogP) is 5.11. The maximum atomic E-state index is 13.3. The van der Waals surface area contributed by atoms with E-state index in [9.17, 15) is 22.8 Å². The third-order valence-electron chi connectivity index (χ3n) is 5.19. The van der Waals surface area contributed by atoms with E-state index in [-0.39, 0.29) is 23.5 Å². The molecule has 0 saturated carbocycles. The van der Waals surface area contributed by atoms with Gasteiger partial charge in [-0.2, -0.15) is 13.2 Å². The molecule has 2 amide bonds. The summed E-state index contributed by atoms with van der Waals surface area (Å²) in [5.74, 6) is -0.597. The van der Waals surface area contributed by atoms with Crippen LogP contribution in [0.5, 0.6) is 5.75 Å². The number of ether oxygens (including phenoxy) is 1. The summed E-state index contributed by atoms with van der Waals surface area (Å²) in [6.07, 6.45) is -4.54. The van der Waals surface area contributed by atoms with Crippen LogP contribution in [0.25, 0.3) is 5.57 Å². The summed E-state index contributed by atoms with van der Waals surface area (Å²) < 4.78 is 44.6. The molecule has 0 spiro atoms. The quantitative estimate of drug-likeness (QED) is 0.529. The molecule has 0 fully saturated rings. The molecule has 0 atom stereocenters. The molecule has 168 valence electrons. The van der Waals surface area contributed by atoms with Crippen molar-refractivity contribution in [2.75, 3.05) is 12.4 Å². The molecule has 0 aliphatic carbocycles. The molecule has 3 aromatic rings. The Balaban J connectivity index is 1.75. The minimum absolute atomic E-state index is 0.0337. The summed E-state index contributed by atoms with van der Waals surface area (Å²) in [5, 5.41) is 2.76. The number of rotatable bonds is 6. The topological polar surface area (TPSA) is 58.6 Å². The second kappa shape index (κ2) is 8.82. The van der Waals surface area contributed by atoms with Crippen LogP contribution in [0.2, 0.25) is 0 Å². The van der Waals surface area contributed by atoms with E-state index < -0.39 is 23.6 Å². The number of carbonyl (C=O) groups excluding carboxylic acids is 2. The highest BCUT2D eigenvalue weighted by Crippen LogP contribution is 2.34. The van der Waals surface area contributed by atoms with Gasteiger partial charge in [0.05, 0.1) is 24.8 Å². The van der Waals surface area contributed by atoms with Gasteiger partial charge in [-0.25, -0.2) is 0 Å². The Morgan fingerprint density at radius 3 is 2.21 bits per heavy atom. The highest BCUT2D eigenvalue weighted by molar-refractivity contribution is 6.36. The van der Waals surface area contributed by atoms with Gasteiger partial charge in [0.25, 0.3) is 11.8 Å². The summed E-state index contributed by atoms with van der Waals surface area (Å²) in [4.78, 5) is 27.6. The van der Waals surface area contributed by atoms with Gasteiger partial charge in [0.2, 0.25) is 0 Å². The molecule has 0 aromatic heterocycles. The number of hydrogen-bond acceptors (Lipinski definition) is 4. The number of halogens is 3. The van der Waals surface area contributed by atoms with E-state index in [0.717, 1.165) is 22.6 Å². The van der Waals surface area contributed by atoms with Crippen LogP contribution in [-0.2, 0) is 22.3 Å². The van der Waals surface area contributed by atoms with Crippen molar-refractivity contribution >= 4 is 23.1 Å². The van der Waals surface area contributed by atoms with Gasteiger partial charge in [-0.1, -0.05) is 48.5 Å². The van der Waals surface area contributed by atoms with Crippen molar-refractivity contribution in [1.29, 1.82) is 0 Å². The van der Waals surface area contributed by atoms with Crippen LogP contribution < -0.4 is 10.1 Å². The third-order valence-corrected chi connectivity index (χ3v) is 5.19. The van der Waals surface area contributed by atoms with Crippen LogP contribution >= 0.6 is 0 Å². The Morgan fingerprint density at radius 1 is 0.879 bits per heavy atom. The molecule has 1 aliphatic heterocycles. The van der Waals surface area contributed by atoms with Crippen molar-refractivity contribution in [3.8, 4) is 5.75 Å². The fourth-order valence-corrected chi connectivity index (χ4v) is 3.54. The summed E-state index contributed by atoms with van der Waals surface area (Å²) in [6, 6.07) is 20.0. The zero-order valence-electron chi connectivity index (χ0n) is 17.5. The van der Waals surface area contributed by atoms with E-state index in [2.05, 4.69) is 5.32 Å². The molecular formula is C25H19F3N2O3. The smallest absolute Gasteiger partial charge is 0.416 e. The van der Waals surface area contributed by atoms with E-state index >= 15 is 0 Å². The molecule has 8 heteroatoms. The van der Waals surface area contributed by atoms with Crippen LogP contribution in [0, 0.1) is 0 Å². The first-order valence-corrected chi connectivity index (χ1v) is 10.0. The molecule has 0 radical (unpaired) electrons. The molecule has 1 N–H and O–H groups in total. The molecule has 5 nitrogen and oxygen atoms in total. The average molecular weight is 452 g/mol. The van der Waals surface area contributed by atoms with Crippen LogP contribution in [-0.4, -0.2) is 23.8 Å². The third kappa shape index (κ3) is 4.59. The summed E-state index contributed by atoms with van der Waals surface area (Å²) in [5.41, 5.74) is 0.370. The molecule has 0 unspecified atom stereocenters. The highest BCUT2D eigenvalue weighted by Gasteiger charge is 2.39. The van der Waals surface area contributed by atoms with Gasteiger partial charge < -0.3 is 10.1 Å². The maximum Gasteiger partial charge on any atom is 0.416 e. The summed E-state index contributed by atoms with van der Waals surface area (Å²) in [7, 11) is 1.50. The van der Waals surface area contributed by atoms with Crippen molar-refractivity contribution in [2.24, 2.45) is 0 Å². The van der Waals surface area contributed by atoms with Crippen molar-refractivity contribution in [1.82, 2.24) is 4.90 Å². The predicted molar refractivity (Wildman–Crippen MR) is 117 cm³/mol. The standard InChI is InChI=1S/C25H19F3N2O3/c1-33-20-12-10-17(11-13-20)21-22(29-19-9-5-8-18(14-19)25(26,27)28)24(32)30(23(21)31)15-16-6-3-2-4-7-16/h2-14,29H,15H2,1H3. The lowest BCUT2D eigenvalue weighted by atomic mass is 10.0. The lowest BCUT2D eigenvalue weighted by Crippen LogP contribution is -2.32. The van der Waals surface area contributed by atoms with Gasteiger partial charge in [-0.15, -0.1) is 0 Å². The number of methoxy groups -OCH3 is 1. The molecule has 3 aromatic carbocycles. The second-order valence-corrected chi connectivity index (χ2v) is 7.36. The Bertz CT molecular complexity index is 1220. The minimum atomic E-state index is -4.54. The van der Waals surface area contributed by atoms with E-state index in [4.69, 9.17) is 4.74 Å². The fourth-order valence-electron chi connectivity index (χ4n) is 3.54. The first-order valence-electron chi connectivity index (χ1n) is 10.0. The van der Waals surface area contributed by atoms with E-state index in [1.807, 2.05) is 6.07 Å². The number of imide groups is 1. The van der Waals surface area contributed by atoms with E-state index in [1.165, 1.54) is 19.2 Å². The van der Waals surface area contributed by atoms with Crippen molar-refractivity contribution in [3.63, 3.8) is 0 Å². The van der Waals surface area contributed by atoms with Gasteiger partial charge in [-0.05, 0) is 41.5 Å². The van der Waals surface area contributed by atoms with E-state index in [1.54, 1.807) is 48.5 Å². The number of amides is 2. The van der Waals surface area contributed by atoms with Gasteiger partial charge >= 0.3 is 6.18 Å². The largest absolute Gasteiger partial charge is 0.497 e. The summed E-state index contributed by atoms with van der Waals surface area (Å²) in [6.45, 7) is 0.0337. The molecule has 33 heavy (non-hydrogen) atoms. The van der Waals surface area contributed by atoms with Crippen molar-refractivity contribution in [3.05, 3.63) is 101 Å². The number of benzene rings is 3. The van der Waals surface area contributed by atoms with Gasteiger partial charge in [0.15, 0.2) is 0 Å². The Hall–Kier alpha value is -4.07. The van der Waals surface area contributed by atoms with Crippen molar-refractivity contribution < 1.29 is 27.5 Å². The lowest BCUT2D eigenvalue weighted by Gasteiger charge is -2.15. The molecule has 0 bridgehead atoms. The molecule has 0 saturated heterocycles. The number of carbonyl (C=O) groups is 2. The molecule has 4 rings (SSSR count). The number of nitrogens with zero attached hydrogens (tertiary/aromatic N) is 1. The monoisotopic (exact) mass is 452 g/mol.